The third kappa shape index (κ3) is 5.63. The van der Waals surface area contributed by atoms with Crippen molar-refractivity contribution in [3.63, 3.8) is 0 Å². The largest absolute Gasteiger partial charge is 0.497 e. The quantitative estimate of drug-likeness (QED) is 0.413. The molecule has 3 saturated heterocycles. The molecule has 3 amide bonds. The predicted molar refractivity (Wildman–Crippen MR) is 136 cm³/mol. The molecule has 0 saturated carbocycles. The lowest BCUT2D eigenvalue weighted by atomic mass is 9.74. The number of piperidine rings is 1. The second kappa shape index (κ2) is 11.5. The first-order chi connectivity index (χ1) is 19.3. The Labute approximate surface area is 233 Å². The van der Waals surface area contributed by atoms with Crippen LogP contribution in [-0.2, 0) is 25.7 Å². The zero-order valence-corrected chi connectivity index (χ0v) is 22.3. The molecule has 2 N–H and O–H groups in total. The summed E-state index contributed by atoms with van der Waals surface area (Å²) >= 11 is 0. The van der Waals surface area contributed by atoms with Gasteiger partial charge in [-0.25, -0.2) is 9.18 Å². The van der Waals surface area contributed by atoms with Crippen LogP contribution < -0.4 is 10.1 Å². The highest BCUT2D eigenvalue weighted by Gasteiger charge is 2.68. The first-order valence-corrected chi connectivity index (χ1v) is 12.9. The fraction of sp³-hybridized carbons (Fsp3) is 0.429. The Bertz CT molecular complexity index is 1320. The molecule has 3 aliphatic heterocycles. The second-order valence-corrected chi connectivity index (χ2v) is 10.1. The zero-order chi connectivity index (χ0) is 30.1. The number of aliphatic carboxylic acids is 1. The number of ether oxygens (including phenoxy) is 1. The molecule has 3 aliphatic rings. The maximum atomic E-state index is 14.0. The number of alkyl halides is 3. The average molecular weight is 580 g/mol. The number of imide groups is 1. The number of carbonyl (C=O) groups is 4. The topological polar surface area (TPSA) is 116 Å². The van der Waals surface area contributed by atoms with E-state index in [1.807, 2.05) is 24.3 Å². The Morgan fingerprint density at radius 2 is 1.68 bits per heavy atom. The highest BCUT2D eigenvalue weighted by molar-refractivity contribution is 6.10. The number of nitrogens with one attached hydrogen (secondary N) is 1. The number of amides is 3. The van der Waals surface area contributed by atoms with E-state index in [1.54, 1.807) is 31.1 Å². The van der Waals surface area contributed by atoms with E-state index in [0.717, 1.165) is 11.1 Å². The predicted octanol–water partition coefficient (Wildman–Crippen LogP) is 3.29. The number of carboxylic acid groups (broad SMARTS) is 1. The fourth-order valence-corrected chi connectivity index (χ4v) is 5.90. The third-order valence-corrected chi connectivity index (χ3v) is 7.73. The molecule has 5 rings (SSSR count). The maximum absolute atomic E-state index is 14.0. The van der Waals surface area contributed by atoms with Crippen LogP contribution >= 0.6 is 0 Å². The van der Waals surface area contributed by atoms with Crippen molar-refractivity contribution in [2.24, 2.45) is 11.8 Å². The van der Waals surface area contributed by atoms with Gasteiger partial charge < -0.3 is 14.7 Å². The smallest absolute Gasteiger partial charge is 0.490 e. The second-order valence-electron chi connectivity index (χ2n) is 10.1. The number of carboxylic acids is 1. The molecule has 9 nitrogen and oxygen atoms in total. The highest BCUT2D eigenvalue weighted by Crippen LogP contribution is 2.52. The molecule has 3 fully saturated rings. The van der Waals surface area contributed by atoms with E-state index in [4.69, 9.17) is 14.6 Å². The zero-order valence-electron chi connectivity index (χ0n) is 22.3. The van der Waals surface area contributed by atoms with Crippen LogP contribution in [0.1, 0.15) is 36.9 Å². The number of carbonyl (C=O) groups excluding carboxylic acids is 3. The van der Waals surface area contributed by atoms with Crippen LogP contribution in [-0.4, -0.2) is 70.5 Å². The van der Waals surface area contributed by atoms with Gasteiger partial charge in [-0.3, -0.25) is 24.6 Å². The summed E-state index contributed by atoms with van der Waals surface area (Å²) in [7, 11) is 1.59. The van der Waals surface area contributed by atoms with Crippen LogP contribution in [0, 0.1) is 17.7 Å². The van der Waals surface area contributed by atoms with E-state index in [9.17, 15) is 31.9 Å². The Balaban J connectivity index is 0.000000493. The summed E-state index contributed by atoms with van der Waals surface area (Å²) in [5.74, 6) is -4.48. The van der Waals surface area contributed by atoms with Crippen LogP contribution in [0.2, 0.25) is 0 Å². The molecule has 13 heteroatoms. The summed E-state index contributed by atoms with van der Waals surface area (Å²) in [6.07, 6.45) is -3.90. The van der Waals surface area contributed by atoms with Crippen molar-refractivity contribution in [1.82, 2.24) is 15.1 Å². The van der Waals surface area contributed by atoms with E-state index < -0.39 is 35.6 Å². The SMILES string of the molecule is CCN1C(=O)[C@H]2[C@@H](c3ccc(OC)cc3)N[C@]3(CCCN(Cc4ccc(F)cc4)C3=O)[C@H]2C1=O.O=C(O)C(F)(F)F. The van der Waals surface area contributed by atoms with Gasteiger partial charge in [0.1, 0.15) is 17.1 Å². The molecule has 0 radical (unpaired) electrons. The van der Waals surface area contributed by atoms with E-state index in [2.05, 4.69) is 5.32 Å². The Kier molecular flexibility index (Phi) is 8.39. The summed E-state index contributed by atoms with van der Waals surface area (Å²) in [6.45, 7) is 2.93. The van der Waals surface area contributed by atoms with Crippen molar-refractivity contribution in [2.45, 2.75) is 44.1 Å². The molecule has 0 aliphatic carbocycles. The lowest BCUT2D eigenvalue weighted by Gasteiger charge is -2.42. The van der Waals surface area contributed by atoms with E-state index in [1.165, 1.54) is 17.0 Å². The van der Waals surface area contributed by atoms with Crippen molar-refractivity contribution in [2.75, 3.05) is 20.2 Å². The highest BCUT2D eigenvalue weighted by atomic mass is 19.4. The number of fused-ring (bicyclic) bond motifs is 2. The van der Waals surface area contributed by atoms with Gasteiger partial charge in [-0.2, -0.15) is 13.2 Å². The van der Waals surface area contributed by atoms with Crippen molar-refractivity contribution in [3.05, 3.63) is 65.5 Å². The molecule has 41 heavy (non-hydrogen) atoms. The standard InChI is InChI=1S/C26H28FN3O4.C2HF3O2/c1-3-30-23(31)20-21(24(30)32)26(28-22(20)17-7-11-19(34-2)12-8-17)13-4-14-29(25(26)33)15-16-5-9-18(27)10-6-16;3-2(4,5)1(6)7/h5-12,20-22,28H,3-4,13-15H2,1-2H3;(H,6,7)/t20-,21-,22-,26-;/m1./s1. The summed E-state index contributed by atoms with van der Waals surface area (Å²) in [5, 5.41) is 10.6. The van der Waals surface area contributed by atoms with E-state index in [-0.39, 0.29) is 30.1 Å². The fourth-order valence-electron chi connectivity index (χ4n) is 5.90. The average Bonchev–Trinajstić information content (AvgIpc) is 3.41. The van der Waals surface area contributed by atoms with Gasteiger partial charge in [0.05, 0.1) is 18.9 Å². The van der Waals surface area contributed by atoms with Crippen LogP contribution in [0.15, 0.2) is 48.5 Å². The number of methoxy groups -OCH3 is 1. The molecule has 0 unspecified atom stereocenters. The number of nitrogens with zero attached hydrogens (tertiary/aromatic N) is 2. The number of hydrogen-bond acceptors (Lipinski definition) is 6. The van der Waals surface area contributed by atoms with Gasteiger partial charge in [-0.15, -0.1) is 0 Å². The van der Waals surface area contributed by atoms with Crippen LogP contribution in [0.25, 0.3) is 0 Å². The number of halogens is 4. The van der Waals surface area contributed by atoms with Crippen molar-refractivity contribution >= 4 is 23.7 Å². The molecule has 0 aromatic heterocycles. The Morgan fingerprint density at radius 1 is 1.07 bits per heavy atom. The minimum Gasteiger partial charge on any atom is -0.497 e. The van der Waals surface area contributed by atoms with Crippen LogP contribution in [0.3, 0.4) is 0 Å². The molecule has 3 heterocycles. The maximum Gasteiger partial charge on any atom is 0.490 e. The normalized spacial score (nSPS) is 25.7. The molecule has 0 bridgehead atoms. The molecule has 2 aromatic rings. The van der Waals surface area contributed by atoms with Crippen LogP contribution in [0.4, 0.5) is 17.6 Å². The molecule has 1 spiro atoms. The molecule has 2 aromatic carbocycles. The third-order valence-electron chi connectivity index (χ3n) is 7.73. The first kappa shape index (κ1) is 30.0. The molecule has 220 valence electrons. The van der Waals surface area contributed by atoms with Gasteiger partial charge in [-0.05, 0) is 55.2 Å². The minimum absolute atomic E-state index is 0.173. The summed E-state index contributed by atoms with van der Waals surface area (Å²) in [5.41, 5.74) is 0.511. The summed E-state index contributed by atoms with van der Waals surface area (Å²) in [6, 6.07) is 13.0. The van der Waals surface area contributed by atoms with Crippen molar-refractivity contribution in [1.29, 1.82) is 0 Å². The minimum atomic E-state index is -5.08. The van der Waals surface area contributed by atoms with Crippen molar-refractivity contribution < 1.29 is 46.6 Å². The molecule has 4 atom stereocenters. The number of hydrogen-bond donors (Lipinski definition) is 2. The number of likely N-dealkylation sites (tertiary alicyclic amines) is 2. The number of benzene rings is 2. The van der Waals surface area contributed by atoms with E-state index >= 15 is 0 Å². The van der Waals surface area contributed by atoms with Crippen LogP contribution in [0.5, 0.6) is 5.75 Å². The summed E-state index contributed by atoms with van der Waals surface area (Å²) < 4.78 is 50.4. The van der Waals surface area contributed by atoms with Gasteiger partial charge in [0, 0.05) is 25.7 Å². The van der Waals surface area contributed by atoms with Gasteiger partial charge in [0.2, 0.25) is 17.7 Å². The van der Waals surface area contributed by atoms with Crippen molar-refractivity contribution in [3.8, 4) is 5.75 Å². The van der Waals surface area contributed by atoms with E-state index in [0.29, 0.717) is 31.7 Å². The summed E-state index contributed by atoms with van der Waals surface area (Å²) in [4.78, 5) is 52.7. The lowest BCUT2D eigenvalue weighted by molar-refractivity contribution is -0.192. The van der Waals surface area contributed by atoms with Gasteiger partial charge in [-0.1, -0.05) is 24.3 Å². The van der Waals surface area contributed by atoms with Gasteiger partial charge >= 0.3 is 12.1 Å². The number of rotatable bonds is 5. The van der Waals surface area contributed by atoms with Gasteiger partial charge in [0.15, 0.2) is 0 Å². The van der Waals surface area contributed by atoms with Gasteiger partial charge in [0.25, 0.3) is 0 Å². The Morgan fingerprint density at radius 3 is 2.22 bits per heavy atom. The lowest BCUT2D eigenvalue weighted by Crippen LogP contribution is -2.63. The monoisotopic (exact) mass is 579 g/mol. The Hall–Kier alpha value is -4.00. The molecular formula is C28H29F4N3O6. The molecular weight excluding hydrogens is 550 g/mol. The first-order valence-electron chi connectivity index (χ1n) is 12.9.